The SMILES string of the molecule is CCSc1[nH]c(=O)c(C(=O)[O-])cc1C#N. The van der Waals surface area contributed by atoms with Crippen LogP contribution in [0.4, 0.5) is 0 Å². The van der Waals surface area contributed by atoms with Gasteiger partial charge in [-0.05, 0) is 11.8 Å². The van der Waals surface area contributed by atoms with Gasteiger partial charge in [-0.1, -0.05) is 6.92 Å². The molecule has 0 amide bonds. The van der Waals surface area contributed by atoms with Gasteiger partial charge in [-0.2, -0.15) is 5.26 Å². The number of hydrogen-bond acceptors (Lipinski definition) is 5. The molecule has 0 spiro atoms. The van der Waals surface area contributed by atoms with Crippen LogP contribution in [-0.2, 0) is 0 Å². The Balaban J connectivity index is 3.37. The normalized spacial score (nSPS) is 9.60. The summed E-state index contributed by atoms with van der Waals surface area (Å²) in [5.74, 6) is -0.907. The zero-order chi connectivity index (χ0) is 11.4. The largest absolute Gasteiger partial charge is 0.545 e. The molecule has 0 fully saturated rings. The van der Waals surface area contributed by atoms with E-state index in [0.29, 0.717) is 10.8 Å². The summed E-state index contributed by atoms with van der Waals surface area (Å²) in [6.07, 6.45) is 0. The van der Waals surface area contributed by atoms with Gasteiger partial charge in [0.2, 0.25) is 0 Å². The Morgan fingerprint density at radius 2 is 2.40 bits per heavy atom. The zero-order valence-corrected chi connectivity index (χ0v) is 8.68. The van der Waals surface area contributed by atoms with Crippen molar-refractivity contribution in [3.05, 3.63) is 27.5 Å². The van der Waals surface area contributed by atoms with Crippen molar-refractivity contribution in [2.45, 2.75) is 11.9 Å². The van der Waals surface area contributed by atoms with Crippen molar-refractivity contribution in [1.29, 1.82) is 5.26 Å². The second kappa shape index (κ2) is 4.66. The van der Waals surface area contributed by atoms with Gasteiger partial charge in [0.1, 0.15) is 6.07 Å². The lowest BCUT2D eigenvalue weighted by molar-refractivity contribution is -0.255. The highest BCUT2D eigenvalue weighted by Gasteiger charge is 2.08. The third-order valence-electron chi connectivity index (χ3n) is 1.63. The zero-order valence-electron chi connectivity index (χ0n) is 7.86. The number of nitrogens with zero attached hydrogens (tertiary/aromatic N) is 1. The Morgan fingerprint density at radius 3 is 2.87 bits per heavy atom. The van der Waals surface area contributed by atoms with Crippen LogP contribution in [0.15, 0.2) is 15.9 Å². The second-order valence-corrected chi connectivity index (χ2v) is 3.86. The Labute approximate surface area is 89.7 Å². The van der Waals surface area contributed by atoms with Crippen LogP contribution in [0.2, 0.25) is 0 Å². The summed E-state index contributed by atoms with van der Waals surface area (Å²) in [4.78, 5) is 24.1. The summed E-state index contributed by atoms with van der Waals surface area (Å²) in [6, 6.07) is 2.85. The highest BCUT2D eigenvalue weighted by Crippen LogP contribution is 2.18. The summed E-state index contributed by atoms with van der Waals surface area (Å²) < 4.78 is 0. The lowest BCUT2D eigenvalue weighted by Gasteiger charge is -2.05. The summed E-state index contributed by atoms with van der Waals surface area (Å²) in [6.45, 7) is 1.86. The molecule has 15 heavy (non-hydrogen) atoms. The predicted molar refractivity (Wildman–Crippen MR) is 52.5 cm³/mol. The highest BCUT2D eigenvalue weighted by atomic mass is 32.2. The van der Waals surface area contributed by atoms with Gasteiger partial charge in [-0.25, -0.2) is 0 Å². The molecule has 78 valence electrons. The van der Waals surface area contributed by atoms with E-state index in [0.717, 1.165) is 6.07 Å². The summed E-state index contributed by atoms with van der Waals surface area (Å²) in [5.41, 5.74) is -1.13. The number of carboxylic acid groups (broad SMARTS) is 1. The van der Waals surface area contributed by atoms with E-state index in [2.05, 4.69) is 4.98 Å². The molecule has 0 saturated heterocycles. The Morgan fingerprint density at radius 1 is 1.73 bits per heavy atom. The number of nitriles is 1. The number of H-pyrrole nitrogens is 1. The first-order valence-corrected chi connectivity index (χ1v) is 5.10. The standard InChI is InChI=1S/C9H8N2O3S/c1-2-15-8-5(4-10)3-6(9(13)14)7(12)11-8/h3H,2H2,1H3,(H,11,12)(H,13,14)/p-1. The second-order valence-electron chi connectivity index (χ2n) is 2.59. The number of hydrogen-bond donors (Lipinski definition) is 1. The molecule has 0 aliphatic rings. The molecular formula is C9H7N2O3S-. The molecule has 5 nitrogen and oxygen atoms in total. The van der Waals surface area contributed by atoms with E-state index in [1.807, 2.05) is 13.0 Å². The maximum Gasteiger partial charge on any atom is 0.257 e. The van der Waals surface area contributed by atoms with Gasteiger partial charge in [0, 0.05) is 0 Å². The number of carbonyl (C=O) groups is 1. The smallest absolute Gasteiger partial charge is 0.257 e. The van der Waals surface area contributed by atoms with E-state index in [1.165, 1.54) is 11.8 Å². The summed E-state index contributed by atoms with van der Waals surface area (Å²) in [7, 11) is 0. The highest BCUT2D eigenvalue weighted by molar-refractivity contribution is 7.99. The van der Waals surface area contributed by atoms with Gasteiger partial charge >= 0.3 is 0 Å². The Hall–Kier alpha value is -1.74. The molecule has 6 heteroatoms. The number of carbonyl (C=O) groups excluding carboxylic acids is 1. The molecule has 1 heterocycles. The number of aromatic amines is 1. The van der Waals surface area contributed by atoms with Gasteiger partial charge < -0.3 is 14.9 Å². The molecule has 1 rings (SSSR count). The van der Waals surface area contributed by atoms with Crippen molar-refractivity contribution in [2.24, 2.45) is 0 Å². The molecule has 0 bridgehead atoms. The van der Waals surface area contributed by atoms with Gasteiger partial charge in [-0.15, -0.1) is 11.8 Å². The van der Waals surface area contributed by atoms with Crippen LogP contribution in [0, 0.1) is 11.3 Å². The van der Waals surface area contributed by atoms with Crippen molar-refractivity contribution in [1.82, 2.24) is 4.98 Å². The average molecular weight is 223 g/mol. The number of nitrogens with one attached hydrogen (secondary N) is 1. The number of pyridine rings is 1. The quantitative estimate of drug-likeness (QED) is 0.711. The molecule has 1 aromatic rings. The molecule has 1 aromatic heterocycles. The first kappa shape index (κ1) is 11.3. The fourth-order valence-electron chi connectivity index (χ4n) is 1.01. The Kier molecular flexibility index (Phi) is 3.52. The lowest BCUT2D eigenvalue weighted by atomic mass is 10.2. The summed E-state index contributed by atoms with van der Waals surface area (Å²) >= 11 is 1.27. The first-order valence-electron chi connectivity index (χ1n) is 4.11. The van der Waals surface area contributed by atoms with Crippen molar-refractivity contribution < 1.29 is 9.90 Å². The third kappa shape index (κ3) is 2.39. The van der Waals surface area contributed by atoms with Crippen LogP contribution in [0.25, 0.3) is 0 Å². The van der Waals surface area contributed by atoms with Crippen molar-refractivity contribution in [3.63, 3.8) is 0 Å². The topological polar surface area (TPSA) is 96.8 Å². The Bertz CT molecular complexity index is 487. The van der Waals surface area contributed by atoms with Gasteiger partial charge in [-0.3, -0.25) is 4.79 Å². The molecule has 0 radical (unpaired) electrons. The first-order chi connectivity index (χ1) is 7.10. The van der Waals surface area contributed by atoms with E-state index in [9.17, 15) is 14.7 Å². The predicted octanol–water partition coefficient (Wildman–Crippen LogP) is -0.278. The lowest BCUT2D eigenvalue weighted by Crippen LogP contribution is -2.30. The number of aromatic carboxylic acids is 1. The molecule has 0 aromatic carbocycles. The molecule has 0 aliphatic heterocycles. The number of rotatable bonds is 3. The van der Waals surface area contributed by atoms with Crippen LogP contribution in [-0.4, -0.2) is 16.7 Å². The minimum absolute atomic E-state index is 0.139. The molecule has 0 aliphatic carbocycles. The van der Waals surface area contributed by atoms with E-state index in [1.54, 1.807) is 0 Å². The van der Waals surface area contributed by atoms with Gasteiger partial charge in [0.25, 0.3) is 5.56 Å². The maximum atomic E-state index is 11.2. The minimum Gasteiger partial charge on any atom is -0.545 e. The van der Waals surface area contributed by atoms with Crippen molar-refractivity contribution >= 4 is 17.7 Å². The van der Waals surface area contributed by atoms with E-state index in [-0.39, 0.29) is 5.56 Å². The molecule has 0 unspecified atom stereocenters. The molecule has 0 atom stereocenters. The fraction of sp³-hybridized carbons (Fsp3) is 0.222. The van der Waals surface area contributed by atoms with Gasteiger partial charge in [0.15, 0.2) is 0 Å². The van der Waals surface area contributed by atoms with Crippen LogP contribution >= 0.6 is 11.8 Å². The third-order valence-corrected chi connectivity index (χ3v) is 2.53. The molecular weight excluding hydrogens is 216 g/mol. The average Bonchev–Trinajstić information content (AvgIpc) is 2.18. The molecule has 0 saturated carbocycles. The van der Waals surface area contributed by atoms with E-state index >= 15 is 0 Å². The summed E-state index contributed by atoms with van der Waals surface area (Å²) in [5, 5.41) is 19.6. The number of carboxylic acids is 1. The maximum absolute atomic E-state index is 11.2. The monoisotopic (exact) mass is 223 g/mol. The van der Waals surface area contributed by atoms with E-state index < -0.39 is 17.1 Å². The van der Waals surface area contributed by atoms with Gasteiger partial charge in [0.05, 0.1) is 22.1 Å². The van der Waals surface area contributed by atoms with Crippen LogP contribution < -0.4 is 10.7 Å². The minimum atomic E-state index is -1.58. The van der Waals surface area contributed by atoms with Crippen LogP contribution in [0.3, 0.4) is 0 Å². The number of thioether (sulfide) groups is 1. The fourth-order valence-corrected chi connectivity index (χ4v) is 1.72. The van der Waals surface area contributed by atoms with Crippen molar-refractivity contribution in [2.75, 3.05) is 5.75 Å². The van der Waals surface area contributed by atoms with E-state index in [4.69, 9.17) is 5.26 Å². The van der Waals surface area contributed by atoms with Crippen molar-refractivity contribution in [3.8, 4) is 6.07 Å². The number of aromatic nitrogens is 1. The van der Waals surface area contributed by atoms with Crippen LogP contribution in [0.1, 0.15) is 22.8 Å². The van der Waals surface area contributed by atoms with Crippen LogP contribution in [0.5, 0.6) is 0 Å². The molecule has 1 N–H and O–H groups in total.